The van der Waals surface area contributed by atoms with Gasteiger partial charge in [-0.1, -0.05) is 48.0 Å². The van der Waals surface area contributed by atoms with Crippen LogP contribution in [0.1, 0.15) is 29.5 Å². The van der Waals surface area contributed by atoms with E-state index in [1.54, 1.807) is 0 Å². The maximum absolute atomic E-state index is 6.03. The Morgan fingerprint density at radius 2 is 1.55 bits per heavy atom. The van der Waals surface area contributed by atoms with Crippen LogP contribution in [0.15, 0.2) is 48.5 Å². The first-order valence-electron chi connectivity index (χ1n) is 7.34. The first kappa shape index (κ1) is 13.7. The van der Waals surface area contributed by atoms with E-state index in [1.807, 2.05) is 18.2 Å². The predicted octanol–water partition coefficient (Wildman–Crippen LogP) is 4.53. The molecule has 2 aromatic carbocycles. The van der Waals surface area contributed by atoms with Crippen LogP contribution in [0.5, 0.6) is 0 Å². The zero-order valence-corrected chi connectivity index (χ0v) is 12.4. The van der Waals surface area contributed by atoms with Gasteiger partial charge in [-0.25, -0.2) is 0 Å². The van der Waals surface area contributed by atoms with Crippen molar-refractivity contribution in [2.24, 2.45) is 0 Å². The third-order valence-electron chi connectivity index (χ3n) is 3.93. The molecule has 1 nitrogen and oxygen atoms in total. The van der Waals surface area contributed by atoms with Crippen molar-refractivity contribution in [1.82, 2.24) is 4.90 Å². The molecule has 1 aliphatic heterocycles. The van der Waals surface area contributed by atoms with Crippen molar-refractivity contribution in [1.29, 1.82) is 0 Å². The molecule has 2 aromatic rings. The fourth-order valence-electron chi connectivity index (χ4n) is 2.84. The monoisotopic (exact) mass is 285 g/mol. The van der Waals surface area contributed by atoms with Crippen LogP contribution in [0.2, 0.25) is 5.02 Å². The van der Waals surface area contributed by atoms with Crippen LogP contribution < -0.4 is 0 Å². The van der Waals surface area contributed by atoms with Gasteiger partial charge in [0.05, 0.1) is 0 Å². The van der Waals surface area contributed by atoms with Crippen LogP contribution >= 0.6 is 11.6 Å². The van der Waals surface area contributed by atoms with Gasteiger partial charge in [-0.3, -0.25) is 4.90 Å². The van der Waals surface area contributed by atoms with Crippen molar-refractivity contribution < 1.29 is 0 Å². The van der Waals surface area contributed by atoms with E-state index in [9.17, 15) is 0 Å². The number of hydrogen-bond acceptors (Lipinski definition) is 1. The fraction of sp³-hybridized carbons (Fsp3) is 0.333. The Morgan fingerprint density at radius 1 is 0.850 bits per heavy atom. The van der Waals surface area contributed by atoms with Crippen LogP contribution in [0.4, 0.5) is 0 Å². The second kappa shape index (κ2) is 6.43. The molecule has 20 heavy (non-hydrogen) atoms. The summed E-state index contributed by atoms with van der Waals surface area (Å²) >= 11 is 6.03. The quantitative estimate of drug-likeness (QED) is 0.798. The van der Waals surface area contributed by atoms with E-state index in [0.29, 0.717) is 0 Å². The minimum atomic E-state index is 0.813. The largest absolute Gasteiger partial charge is 0.299 e. The van der Waals surface area contributed by atoms with Gasteiger partial charge in [0.2, 0.25) is 0 Å². The molecular weight excluding hydrogens is 266 g/mol. The molecule has 104 valence electrons. The van der Waals surface area contributed by atoms with Crippen molar-refractivity contribution in [2.45, 2.75) is 25.8 Å². The molecule has 2 heteroatoms. The number of nitrogens with zero attached hydrogens (tertiary/aromatic N) is 1. The van der Waals surface area contributed by atoms with Gasteiger partial charge in [0.1, 0.15) is 0 Å². The standard InChI is InChI=1S/C18H20ClN/c19-18-5-3-4-17(13-18)12-15-6-8-16(9-7-15)14-20-10-1-2-11-20/h3-9,13H,1-2,10-12,14H2. The minimum absolute atomic E-state index is 0.813. The second-order valence-electron chi connectivity index (χ2n) is 5.61. The Balaban J connectivity index is 1.63. The van der Waals surface area contributed by atoms with E-state index < -0.39 is 0 Å². The van der Waals surface area contributed by atoms with Crippen molar-refractivity contribution >= 4 is 11.6 Å². The zero-order valence-electron chi connectivity index (χ0n) is 11.7. The Labute approximate surface area is 126 Å². The number of rotatable bonds is 4. The minimum Gasteiger partial charge on any atom is -0.299 e. The highest BCUT2D eigenvalue weighted by molar-refractivity contribution is 6.30. The van der Waals surface area contributed by atoms with E-state index in [1.165, 1.54) is 42.6 Å². The summed E-state index contributed by atoms with van der Waals surface area (Å²) in [5, 5.41) is 0.813. The number of hydrogen-bond donors (Lipinski definition) is 0. The van der Waals surface area contributed by atoms with Crippen LogP contribution in [0, 0.1) is 0 Å². The van der Waals surface area contributed by atoms with Crippen LogP contribution in [0.3, 0.4) is 0 Å². The Morgan fingerprint density at radius 3 is 2.25 bits per heavy atom. The maximum atomic E-state index is 6.03. The van der Waals surface area contributed by atoms with E-state index in [0.717, 1.165) is 18.0 Å². The number of halogens is 1. The van der Waals surface area contributed by atoms with Crippen LogP contribution in [0.25, 0.3) is 0 Å². The van der Waals surface area contributed by atoms with E-state index in [-0.39, 0.29) is 0 Å². The third-order valence-corrected chi connectivity index (χ3v) is 4.16. The summed E-state index contributed by atoms with van der Waals surface area (Å²) in [6.45, 7) is 3.60. The molecule has 0 aromatic heterocycles. The summed E-state index contributed by atoms with van der Waals surface area (Å²) in [5.74, 6) is 0. The zero-order chi connectivity index (χ0) is 13.8. The third kappa shape index (κ3) is 3.62. The highest BCUT2D eigenvalue weighted by Gasteiger charge is 2.11. The topological polar surface area (TPSA) is 3.24 Å². The molecule has 0 aliphatic carbocycles. The van der Waals surface area contributed by atoms with Crippen molar-refractivity contribution in [3.05, 3.63) is 70.2 Å². The van der Waals surface area contributed by atoms with Crippen molar-refractivity contribution in [2.75, 3.05) is 13.1 Å². The second-order valence-corrected chi connectivity index (χ2v) is 6.04. The molecule has 0 amide bonds. The van der Waals surface area contributed by atoms with Gasteiger partial charge in [-0.15, -0.1) is 0 Å². The molecule has 0 unspecified atom stereocenters. The molecule has 1 heterocycles. The molecule has 1 saturated heterocycles. The first-order chi connectivity index (χ1) is 9.79. The Hall–Kier alpha value is -1.31. The molecule has 3 rings (SSSR count). The summed E-state index contributed by atoms with van der Waals surface area (Å²) in [5.41, 5.74) is 4.03. The van der Waals surface area contributed by atoms with Gasteiger partial charge in [0, 0.05) is 11.6 Å². The molecule has 0 N–H and O–H groups in total. The summed E-state index contributed by atoms with van der Waals surface area (Å²) in [4.78, 5) is 2.53. The van der Waals surface area contributed by atoms with Gasteiger partial charge >= 0.3 is 0 Å². The van der Waals surface area contributed by atoms with Gasteiger partial charge in [-0.2, -0.15) is 0 Å². The number of likely N-dealkylation sites (tertiary alicyclic amines) is 1. The highest BCUT2D eigenvalue weighted by Crippen LogP contribution is 2.17. The maximum Gasteiger partial charge on any atom is 0.0408 e. The summed E-state index contributed by atoms with van der Waals surface area (Å²) < 4.78 is 0. The Kier molecular flexibility index (Phi) is 4.39. The van der Waals surface area contributed by atoms with E-state index in [4.69, 9.17) is 11.6 Å². The smallest absolute Gasteiger partial charge is 0.0408 e. The molecule has 1 aliphatic rings. The van der Waals surface area contributed by atoms with Crippen LogP contribution in [-0.4, -0.2) is 18.0 Å². The fourth-order valence-corrected chi connectivity index (χ4v) is 3.06. The van der Waals surface area contributed by atoms with Gasteiger partial charge in [0.25, 0.3) is 0 Å². The van der Waals surface area contributed by atoms with Gasteiger partial charge in [0.15, 0.2) is 0 Å². The summed E-state index contributed by atoms with van der Waals surface area (Å²) in [7, 11) is 0. The molecule has 0 saturated carbocycles. The normalized spacial score (nSPS) is 15.7. The lowest BCUT2D eigenvalue weighted by Crippen LogP contribution is -2.18. The summed E-state index contributed by atoms with van der Waals surface area (Å²) in [6, 6.07) is 17.1. The lowest BCUT2D eigenvalue weighted by atomic mass is 10.0. The van der Waals surface area contributed by atoms with Crippen molar-refractivity contribution in [3.8, 4) is 0 Å². The van der Waals surface area contributed by atoms with E-state index >= 15 is 0 Å². The van der Waals surface area contributed by atoms with Gasteiger partial charge < -0.3 is 0 Å². The average molecular weight is 286 g/mol. The first-order valence-corrected chi connectivity index (χ1v) is 7.72. The number of benzene rings is 2. The average Bonchev–Trinajstić information content (AvgIpc) is 2.94. The Bertz CT molecular complexity index is 556. The highest BCUT2D eigenvalue weighted by atomic mass is 35.5. The lowest BCUT2D eigenvalue weighted by Gasteiger charge is -2.14. The molecule has 0 spiro atoms. The summed E-state index contributed by atoms with van der Waals surface area (Å²) in [6.07, 6.45) is 3.66. The molecule has 0 bridgehead atoms. The molecule has 0 radical (unpaired) electrons. The van der Waals surface area contributed by atoms with E-state index in [2.05, 4.69) is 35.2 Å². The SMILES string of the molecule is Clc1cccc(Cc2ccc(CN3CCCC3)cc2)c1. The lowest BCUT2D eigenvalue weighted by molar-refractivity contribution is 0.331. The molecular formula is C18H20ClN. The predicted molar refractivity (Wildman–Crippen MR) is 85.2 cm³/mol. The van der Waals surface area contributed by atoms with Crippen LogP contribution in [-0.2, 0) is 13.0 Å². The molecule has 0 atom stereocenters. The molecule has 1 fully saturated rings. The van der Waals surface area contributed by atoms with Crippen molar-refractivity contribution in [3.63, 3.8) is 0 Å². The van der Waals surface area contributed by atoms with Gasteiger partial charge in [-0.05, 0) is 61.2 Å².